The molecule has 13 nitrogen and oxygen atoms in total. The van der Waals surface area contributed by atoms with Crippen LogP contribution in [0.4, 0.5) is 16.2 Å². The minimum absolute atomic E-state index is 0.179. The zero-order valence-electron chi connectivity index (χ0n) is 26.0. The summed E-state index contributed by atoms with van der Waals surface area (Å²) in [5.74, 6) is 0.159. The Balaban J connectivity index is 1.92. The number of nitrogens with one attached hydrogen (secondary N) is 2. The van der Waals surface area contributed by atoms with Gasteiger partial charge in [0.2, 0.25) is 10.0 Å². The molecule has 0 saturated heterocycles. The molecule has 0 fully saturated rings. The molecular formula is C29H45N5O8S. The molecular weight excluding hydrogens is 578 g/mol. The second-order valence-corrected chi connectivity index (χ2v) is 13.1. The predicted octanol–water partition coefficient (Wildman–Crippen LogP) is 3.62. The molecule has 1 aliphatic rings. The molecule has 4 atom stereocenters. The second-order valence-electron chi connectivity index (χ2n) is 11.4. The number of sulfonamides is 1. The number of hydrogen-bond acceptors (Lipinski definition) is 9. The number of aliphatic hydroxyl groups is 1. The quantitative estimate of drug-likeness (QED) is 0.418. The lowest BCUT2D eigenvalue weighted by molar-refractivity contribution is -0.0115. The molecule has 2 aromatic rings. The average Bonchev–Trinajstić information content (AvgIpc) is 3.25. The summed E-state index contributed by atoms with van der Waals surface area (Å²) < 4.78 is 43.9. The van der Waals surface area contributed by atoms with Crippen molar-refractivity contribution in [2.75, 3.05) is 49.6 Å². The number of anilines is 2. The maximum Gasteiger partial charge on any atom is 0.321 e. The SMILES string of the molecule is Cc1noc(C)c1NC(=O)N(C)C[C@H]1OCCCC[C@@H](C)Oc2ccc(NS(C)(=O)=O)cc2C(=O)N([C@H](C)CO)C[C@H]1C. The standard InChI is InChI=1S/C29H45N5O8S/c1-18-15-34(19(2)17-35)28(36)24-14-23(32-43(7,38)39)11-12-25(24)41-20(3)10-8-9-13-40-26(18)16-33(6)29(37)30-27-21(4)31-42-22(27)5/h11-12,14,18-20,26,32,35H,8-10,13,15-17H2,1-7H3,(H,30,37)/t18-,19-,20-,26-/m1/s1. The molecule has 0 spiro atoms. The van der Waals surface area contributed by atoms with E-state index in [2.05, 4.69) is 15.2 Å². The number of aromatic nitrogens is 1. The first-order valence-electron chi connectivity index (χ1n) is 14.5. The Bertz CT molecular complexity index is 1350. The van der Waals surface area contributed by atoms with E-state index in [0.717, 1.165) is 19.1 Å². The lowest BCUT2D eigenvalue weighted by atomic mass is 10.0. The number of ether oxygens (including phenoxy) is 2. The van der Waals surface area contributed by atoms with E-state index >= 15 is 0 Å². The predicted molar refractivity (Wildman–Crippen MR) is 163 cm³/mol. The summed E-state index contributed by atoms with van der Waals surface area (Å²) in [5.41, 5.74) is 1.50. The molecule has 3 N–H and O–H groups in total. The molecule has 2 heterocycles. The molecule has 0 saturated carbocycles. The first-order chi connectivity index (χ1) is 20.2. The zero-order valence-corrected chi connectivity index (χ0v) is 26.9. The number of hydrogen-bond donors (Lipinski definition) is 3. The van der Waals surface area contributed by atoms with Crippen molar-refractivity contribution in [3.05, 3.63) is 35.2 Å². The van der Waals surface area contributed by atoms with Crippen molar-refractivity contribution in [3.8, 4) is 5.75 Å². The number of likely N-dealkylation sites (N-methyl/N-ethyl adjacent to an activating group) is 1. The molecule has 1 aromatic heterocycles. The van der Waals surface area contributed by atoms with Crippen LogP contribution in [0.1, 0.15) is 61.8 Å². The van der Waals surface area contributed by atoms with Crippen LogP contribution in [0.5, 0.6) is 5.75 Å². The number of carbonyl (C=O) groups excluding carboxylic acids is 2. The topological polar surface area (TPSA) is 164 Å². The number of benzene rings is 1. The van der Waals surface area contributed by atoms with Crippen molar-refractivity contribution in [2.45, 2.75) is 72.1 Å². The van der Waals surface area contributed by atoms with Crippen LogP contribution in [0.2, 0.25) is 0 Å². The third-order valence-corrected chi connectivity index (χ3v) is 8.03. The average molecular weight is 624 g/mol. The van der Waals surface area contributed by atoms with E-state index in [4.69, 9.17) is 14.0 Å². The lowest BCUT2D eigenvalue weighted by Gasteiger charge is -2.35. The summed E-state index contributed by atoms with van der Waals surface area (Å²) in [4.78, 5) is 30.2. The number of amides is 3. The van der Waals surface area contributed by atoms with Crippen molar-refractivity contribution >= 4 is 33.3 Å². The number of aliphatic hydroxyl groups excluding tert-OH is 1. The van der Waals surface area contributed by atoms with E-state index in [0.29, 0.717) is 35.9 Å². The van der Waals surface area contributed by atoms with E-state index < -0.39 is 28.1 Å². The molecule has 0 bridgehead atoms. The summed E-state index contributed by atoms with van der Waals surface area (Å²) in [6.45, 7) is 9.64. The first kappa shape index (κ1) is 34.1. The number of nitrogens with zero attached hydrogens (tertiary/aromatic N) is 3. The molecule has 240 valence electrons. The van der Waals surface area contributed by atoms with E-state index in [1.807, 2.05) is 13.8 Å². The van der Waals surface area contributed by atoms with Gasteiger partial charge in [-0.3, -0.25) is 9.52 Å². The number of fused-ring (bicyclic) bond motifs is 1. The fourth-order valence-electron chi connectivity index (χ4n) is 4.88. The summed E-state index contributed by atoms with van der Waals surface area (Å²) in [6.07, 6.45) is 2.67. The summed E-state index contributed by atoms with van der Waals surface area (Å²) in [7, 11) is -1.92. The number of urea groups is 1. The van der Waals surface area contributed by atoms with E-state index in [1.54, 1.807) is 40.0 Å². The second kappa shape index (κ2) is 14.9. The van der Waals surface area contributed by atoms with Crippen molar-refractivity contribution in [3.63, 3.8) is 0 Å². The van der Waals surface area contributed by atoms with Crippen LogP contribution in [-0.4, -0.2) is 98.3 Å². The van der Waals surface area contributed by atoms with Gasteiger partial charge in [0, 0.05) is 38.3 Å². The van der Waals surface area contributed by atoms with Crippen LogP contribution in [0.25, 0.3) is 0 Å². The molecule has 0 aliphatic carbocycles. The van der Waals surface area contributed by atoms with Gasteiger partial charge in [0.25, 0.3) is 5.91 Å². The number of carbonyl (C=O) groups is 2. The van der Waals surface area contributed by atoms with Gasteiger partial charge in [-0.1, -0.05) is 12.1 Å². The van der Waals surface area contributed by atoms with Crippen LogP contribution in [-0.2, 0) is 14.8 Å². The van der Waals surface area contributed by atoms with E-state index in [9.17, 15) is 23.1 Å². The van der Waals surface area contributed by atoms with Crippen molar-refractivity contribution in [1.82, 2.24) is 15.0 Å². The van der Waals surface area contributed by atoms with Gasteiger partial charge in [-0.25, -0.2) is 13.2 Å². The Morgan fingerprint density at radius 2 is 1.98 bits per heavy atom. The van der Waals surface area contributed by atoms with Crippen molar-refractivity contribution < 1.29 is 37.1 Å². The first-order valence-corrected chi connectivity index (χ1v) is 16.4. The van der Waals surface area contributed by atoms with E-state index in [-0.39, 0.29) is 49.0 Å². The maximum atomic E-state index is 14.1. The summed E-state index contributed by atoms with van der Waals surface area (Å²) in [5, 5.41) is 16.8. The molecule has 14 heteroatoms. The molecule has 1 aromatic carbocycles. The van der Waals surface area contributed by atoms with Gasteiger partial charge >= 0.3 is 6.03 Å². The zero-order chi connectivity index (χ0) is 31.9. The maximum absolute atomic E-state index is 14.1. The fraction of sp³-hybridized carbons (Fsp3) is 0.621. The molecule has 43 heavy (non-hydrogen) atoms. The highest BCUT2D eigenvalue weighted by Gasteiger charge is 2.31. The molecule has 1 aliphatic heterocycles. The number of aryl methyl sites for hydroxylation is 2. The van der Waals surface area contributed by atoms with Gasteiger partial charge in [-0.05, 0) is 65.2 Å². The Labute approximate surface area is 253 Å². The lowest BCUT2D eigenvalue weighted by Crippen LogP contribution is -2.48. The molecule has 0 unspecified atom stereocenters. The van der Waals surface area contributed by atoms with Crippen LogP contribution in [0.3, 0.4) is 0 Å². The van der Waals surface area contributed by atoms with Crippen LogP contribution in [0, 0.1) is 19.8 Å². The fourth-order valence-corrected chi connectivity index (χ4v) is 5.43. The Morgan fingerprint density at radius 1 is 1.26 bits per heavy atom. The minimum Gasteiger partial charge on any atom is -0.490 e. The largest absolute Gasteiger partial charge is 0.490 e. The highest BCUT2D eigenvalue weighted by atomic mass is 32.2. The van der Waals surface area contributed by atoms with Gasteiger partial charge in [-0.15, -0.1) is 0 Å². The minimum atomic E-state index is -3.59. The monoisotopic (exact) mass is 623 g/mol. The molecule has 3 rings (SSSR count). The number of rotatable bonds is 7. The highest BCUT2D eigenvalue weighted by Crippen LogP contribution is 2.29. The van der Waals surface area contributed by atoms with Gasteiger partial charge in [0.15, 0.2) is 5.76 Å². The normalized spacial score (nSPS) is 21.3. The van der Waals surface area contributed by atoms with Crippen LogP contribution in [0.15, 0.2) is 22.7 Å². The van der Waals surface area contributed by atoms with Crippen molar-refractivity contribution in [2.24, 2.45) is 5.92 Å². The summed E-state index contributed by atoms with van der Waals surface area (Å²) in [6, 6.07) is 3.68. The van der Waals surface area contributed by atoms with E-state index in [1.165, 1.54) is 15.9 Å². The smallest absolute Gasteiger partial charge is 0.321 e. The third kappa shape index (κ3) is 9.57. The third-order valence-electron chi connectivity index (χ3n) is 7.42. The van der Waals surface area contributed by atoms with Crippen LogP contribution < -0.4 is 14.8 Å². The van der Waals surface area contributed by atoms with Gasteiger partial charge in [0.1, 0.15) is 17.1 Å². The van der Waals surface area contributed by atoms with Crippen molar-refractivity contribution in [1.29, 1.82) is 0 Å². The van der Waals surface area contributed by atoms with Gasteiger partial charge in [-0.2, -0.15) is 0 Å². The molecule has 3 amide bonds. The molecule has 0 radical (unpaired) electrons. The highest BCUT2D eigenvalue weighted by molar-refractivity contribution is 7.92. The Morgan fingerprint density at radius 3 is 2.60 bits per heavy atom. The summed E-state index contributed by atoms with van der Waals surface area (Å²) >= 11 is 0. The van der Waals surface area contributed by atoms with Gasteiger partial charge < -0.3 is 34.2 Å². The Hall–Kier alpha value is -3.36. The van der Waals surface area contributed by atoms with Crippen LogP contribution >= 0.6 is 0 Å². The Kier molecular flexibility index (Phi) is 11.8. The van der Waals surface area contributed by atoms with Gasteiger partial charge in [0.05, 0.1) is 36.7 Å².